The fraction of sp³-hybridized carbons (Fsp3) is 0.533. The van der Waals surface area contributed by atoms with E-state index in [-0.39, 0.29) is 11.8 Å². The van der Waals surface area contributed by atoms with Crippen LogP contribution >= 0.6 is 0 Å². The summed E-state index contributed by atoms with van der Waals surface area (Å²) in [5.74, 6) is 1.39. The van der Waals surface area contributed by atoms with Crippen molar-refractivity contribution in [2.24, 2.45) is 5.92 Å². The van der Waals surface area contributed by atoms with Crippen LogP contribution in [0.25, 0.3) is 0 Å². The topological polar surface area (TPSA) is 72.5 Å². The van der Waals surface area contributed by atoms with Gasteiger partial charge in [-0.05, 0) is 43.4 Å². The SMILES string of the molecule is COc1cccc(C(=O)NCCCC2CCS(=O)(=O)C2)c1. The molecule has 0 bridgehead atoms. The average molecular weight is 311 g/mol. The molecule has 1 N–H and O–H groups in total. The van der Waals surface area contributed by atoms with E-state index in [4.69, 9.17) is 4.74 Å². The van der Waals surface area contributed by atoms with Crippen LogP contribution in [0.3, 0.4) is 0 Å². The van der Waals surface area contributed by atoms with E-state index in [0.717, 1.165) is 19.3 Å². The molecular formula is C15H21NO4S. The Balaban J connectivity index is 1.72. The number of methoxy groups -OCH3 is 1. The van der Waals surface area contributed by atoms with Gasteiger partial charge in [0, 0.05) is 12.1 Å². The Morgan fingerprint density at radius 3 is 2.90 bits per heavy atom. The first-order valence-corrected chi connectivity index (χ1v) is 8.95. The first-order valence-electron chi connectivity index (χ1n) is 7.13. The third-order valence-electron chi connectivity index (χ3n) is 3.73. The number of carbonyl (C=O) groups excluding carboxylic acids is 1. The summed E-state index contributed by atoms with van der Waals surface area (Å²) in [6.45, 7) is 0.562. The van der Waals surface area contributed by atoms with Gasteiger partial charge in [-0.15, -0.1) is 0 Å². The second kappa shape index (κ2) is 6.93. The van der Waals surface area contributed by atoms with Gasteiger partial charge in [0.15, 0.2) is 9.84 Å². The number of benzene rings is 1. The second-order valence-corrected chi connectivity index (χ2v) is 7.63. The highest BCUT2D eigenvalue weighted by Gasteiger charge is 2.27. The molecule has 1 fully saturated rings. The number of nitrogens with one attached hydrogen (secondary N) is 1. The zero-order valence-electron chi connectivity index (χ0n) is 12.2. The van der Waals surface area contributed by atoms with Crippen molar-refractivity contribution in [3.8, 4) is 5.75 Å². The number of sulfone groups is 1. The van der Waals surface area contributed by atoms with Gasteiger partial charge in [0.05, 0.1) is 18.6 Å². The highest BCUT2D eigenvalue weighted by atomic mass is 32.2. The van der Waals surface area contributed by atoms with Gasteiger partial charge >= 0.3 is 0 Å². The van der Waals surface area contributed by atoms with Crippen LogP contribution in [0, 0.1) is 5.92 Å². The quantitative estimate of drug-likeness (QED) is 0.811. The summed E-state index contributed by atoms with van der Waals surface area (Å²) in [7, 11) is -1.24. The van der Waals surface area contributed by atoms with Gasteiger partial charge in [0.2, 0.25) is 0 Å². The van der Waals surface area contributed by atoms with Crippen LogP contribution in [0.4, 0.5) is 0 Å². The summed E-state index contributed by atoms with van der Waals surface area (Å²) in [6.07, 6.45) is 2.40. The van der Waals surface area contributed by atoms with Gasteiger partial charge in [-0.3, -0.25) is 4.79 Å². The zero-order valence-corrected chi connectivity index (χ0v) is 13.0. The molecule has 1 atom stereocenters. The molecule has 5 nitrogen and oxygen atoms in total. The fourth-order valence-corrected chi connectivity index (χ4v) is 4.47. The van der Waals surface area contributed by atoms with Gasteiger partial charge in [-0.1, -0.05) is 6.07 Å². The monoisotopic (exact) mass is 311 g/mol. The maximum Gasteiger partial charge on any atom is 0.251 e. The van der Waals surface area contributed by atoms with Crippen LogP contribution in [0.2, 0.25) is 0 Å². The van der Waals surface area contributed by atoms with Gasteiger partial charge in [-0.25, -0.2) is 8.42 Å². The maximum absolute atomic E-state index is 11.9. The van der Waals surface area contributed by atoms with Crippen molar-refractivity contribution in [1.82, 2.24) is 5.32 Å². The Morgan fingerprint density at radius 2 is 2.24 bits per heavy atom. The third-order valence-corrected chi connectivity index (χ3v) is 5.57. The number of carbonyl (C=O) groups is 1. The van der Waals surface area contributed by atoms with Crippen LogP contribution in [0.1, 0.15) is 29.6 Å². The normalized spacial score (nSPS) is 20.1. The summed E-state index contributed by atoms with van der Waals surface area (Å²) in [5.41, 5.74) is 0.567. The predicted molar refractivity (Wildman–Crippen MR) is 81.3 cm³/mol. The van der Waals surface area contributed by atoms with Crippen molar-refractivity contribution in [1.29, 1.82) is 0 Å². The molecule has 1 aliphatic heterocycles. The molecule has 1 amide bonds. The zero-order chi connectivity index (χ0) is 15.3. The van der Waals surface area contributed by atoms with E-state index in [0.29, 0.717) is 29.4 Å². The van der Waals surface area contributed by atoms with Gasteiger partial charge in [0.1, 0.15) is 5.75 Å². The molecule has 1 unspecified atom stereocenters. The van der Waals surface area contributed by atoms with Crippen LogP contribution in [0.5, 0.6) is 5.75 Å². The molecule has 1 aromatic rings. The Morgan fingerprint density at radius 1 is 1.43 bits per heavy atom. The van der Waals surface area contributed by atoms with Gasteiger partial charge in [0.25, 0.3) is 5.91 Å². The lowest BCUT2D eigenvalue weighted by Crippen LogP contribution is -2.24. The van der Waals surface area contributed by atoms with E-state index >= 15 is 0 Å². The standard InChI is InChI=1S/C15H21NO4S/c1-20-14-6-2-5-13(10-14)15(17)16-8-3-4-12-7-9-21(18,19)11-12/h2,5-6,10,12H,3-4,7-9,11H2,1H3,(H,16,17). The van der Waals surface area contributed by atoms with Crippen molar-refractivity contribution in [3.63, 3.8) is 0 Å². The molecule has 0 saturated carbocycles. The summed E-state index contributed by atoms with van der Waals surface area (Å²) < 4.78 is 27.8. The smallest absolute Gasteiger partial charge is 0.251 e. The van der Waals surface area contributed by atoms with Crippen molar-refractivity contribution < 1.29 is 17.9 Å². The minimum atomic E-state index is -2.80. The number of ether oxygens (including phenoxy) is 1. The van der Waals surface area contributed by atoms with E-state index < -0.39 is 9.84 Å². The molecule has 2 rings (SSSR count). The molecule has 1 aromatic carbocycles. The molecule has 0 aromatic heterocycles. The number of amides is 1. The molecule has 1 saturated heterocycles. The second-order valence-electron chi connectivity index (χ2n) is 5.40. The first kappa shape index (κ1) is 15.8. The van der Waals surface area contributed by atoms with Crippen LogP contribution in [0.15, 0.2) is 24.3 Å². The molecular weight excluding hydrogens is 290 g/mol. The van der Waals surface area contributed by atoms with E-state index in [1.165, 1.54) is 0 Å². The predicted octanol–water partition coefficient (Wildman–Crippen LogP) is 1.64. The summed E-state index contributed by atoms with van der Waals surface area (Å²) in [6, 6.07) is 6.99. The lowest BCUT2D eigenvalue weighted by atomic mass is 10.0. The van der Waals surface area contributed by atoms with Crippen molar-refractivity contribution in [3.05, 3.63) is 29.8 Å². The summed E-state index contributed by atoms with van der Waals surface area (Å²) >= 11 is 0. The van der Waals surface area contributed by atoms with Crippen molar-refractivity contribution in [2.45, 2.75) is 19.3 Å². The van der Waals surface area contributed by atoms with Crippen LogP contribution < -0.4 is 10.1 Å². The molecule has 0 aliphatic carbocycles. The number of rotatable bonds is 6. The fourth-order valence-electron chi connectivity index (χ4n) is 2.56. The lowest BCUT2D eigenvalue weighted by molar-refractivity contribution is 0.0952. The minimum Gasteiger partial charge on any atom is -0.497 e. The summed E-state index contributed by atoms with van der Waals surface area (Å²) in [5, 5.41) is 2.85. The summed E-state index contributed by atoms with van der Waals surface area (Å²) in [4.78, 5) is 11.9. The Kier molecular flexibility index (Phi) is 5.22. The first-order chi connectivity index (χ1) is 10.00. The molecule has 1 aliphatic rings. The minimum absolute atomic E-state index is 0.132. The molecule has 116 valence electrons. The largest absolute Gasteiger partial charge is 0.497 e. The van der Waals surface area contributed by atoms with Crippen molar-refractivity contribution >= 4 is 15.7 Å². The van der Waals surface area contributed by atoms with Crippen LogP contribution in [-0.4, -0.2) is 39.5 Å². The third kappa shape index (κ3) is 4.74. The maximum atomic E-state index is 11.9. The molecule has 0 spiro atoms. The highest BCUT2D eigenvalue weighted by molar-refractivity contribution is 7.91. The molecule has 0 radical (unpaired) electrons. The Hall–Kier alpha value is -1.56. The highest BCUT2D eigenvalue weighted by Crippen LogP contribution is 2.22. The number of hydrogen-bond donors (Lipinski definition) is 1. The molecule has 6 heteroatoms. The average Bonchev–Trinajstić information content (AvgIpc) is 2.82. The van der Waals surface area contributed by atoms with E-state index in [9.17, 15) is 13.2 Å². The Bertz CT molecular complexity index is 597. The van der Waals surface area contributed by atoms with E-state index in [2.05, 4.69) is 5.32 Å². The number of hydrogen-bond acceptors (Lipinski definition) is 4. The molecule has 21 heavy (non-hydrogen) atoms. The van der Waals surface area contributed by atoms with Crippen molar-refractivity contribution in [2.75, 3.05) is 25.2 Å². The molecule has 1 heterocycles. The Labute approximate surface area is 125 Å². The van der Waals surface area contributed by atoms with E-state index in [1.807, 2.05) is 0 Å². The van der Waals surface area contributed by atoms with Crippen LogP contribution in [-0.2, 0) is 9.84 Å². The van der Waals surface area contributed by atoms with E-state index in [1.54, 1.807) is 31.4 Å². The van der Waals surface area contributed by atoms with Gasteiger partial charge < -0.3 is 10.1 Å². The van der Waals surface area contributed by atoms with Gasteiger partial charge in [-0.2, -0.15) is 0 Å². The lowest BCUT2D eigenvalue weighted by Gasteiger charge is -2.09.